The lowest BCUT2D eigenvalue weighted by atomic mass is 10.1. The third-order valence-electron chi connectivity index (χ3n) is 7.63. The van der Waals surface area contributed by atoms with Gasteiger partial charge in [-0.3, -0.25) is 19.4 Å². The number of carboxylic acid groups (broad SMARTS) is 1. The number of carbonyl (C=O) groups excluding carboxylic acids is 2. The quantitative estimate of drug-likeness (QED) is 0.348. The molecule has 11 heteroatoms. The first-order valence-corrected chi connectivity index (χ1v) is 14.1. The van der Waals surface area contributed by atoms with E-state index < -0.39 is 40.9 Å². The molecule has 1 aliphatic heterocycles. The van der Waals surface area contributed by atoms with Crippen LogP contribution in [0.3, 0.4) is 0 Å². The first kappa shape index (κ1) is 30.7. The number of anilines is 1. The van der Waals surface area contributed by atoms with Gasteiger partial charge in [0.05, 0.1) is 11.8 Å². The Hall–Kier alpha value is -4.25. The number of pyridine rings is 1. The van der Waals surface area contributed by atoms with Crippen molar-refractivity contribution in [3.8, 4) is 0 Å². The van der Waals surface area contributed by atoms with Crippen molar-refractivity contribution < 1.29 is 28.6 Å². The number of allylic oxidation sites excluding steroid dienone is 1. The molecular weight excluding hydrogens is 543 g/mol. The van der Waals surface area contributed by atoms with Crippen LogP contribution in [-0.2, 0) is 16.1 Å². The number of unbranched alkanes of at least 4 members (excludes halogenated alkanes) is 2. The van der Waals surface area contributed by atoms with Crippen LogP contribution in [0.2, 0.25) is 0 Å². The molecule has 1 aliphatic carbocycles. The molecule has 1 atom stereocenters. The van der Waals surface area contributed by atoms with Gasteiger partial charge in [0, 0.05) is 36.4 Å². The van der Waals surface area contributed by atoms with Crippen molar-refractivity contribution in [1.29, 1.82) is 0 Å². The molecule has 0 spiro atoms. The summed E-state index contributed by atoms with van der Waals surface area (Å²) in [5.74, 6) is -2.83. The van der Waals surface area contributed by atoms with Gasteiger partial charge in [-0.2, -0.15) is 0 Å². The topological polar surface area (TPSA) is 135 Å². The van der Waals surface area contributed by atoms with Gasteiger partial charge < -0.3 is 20.1 Å². The third-order valence-corrected chi connectivity index (χ3v) is 7.63. The molecule has 2 amide bonds. The zero-order valence-electron chi connectivity index (χ0n) is 24.0. The van der Waals surface area contributed by atoms with Crippen LogP contribution in [0.15, 0.2) is 47.7 Å². The lowest BCUT2D eigenvalue weighted by Crippen LogP contribution is -2.49. The second kappa shape index (κ2) is 13.2. The Morgan fingerprint density at radius 1 is 1.21 bits per heavy atom. The maximum absolute atomic E-state index is 14.3. The molecule has 42 heavy (non-hydrogen) atoms. The van der Waals surface area contributed by atoms with Gasteiger partial charge in [0.1, 0.15) is 11.4 Å². The van der Waals surface area contributed by atoms with E-state index in [1.807, 2.05) is 18.2 Å². The Labute approximate surface area is 243 Å². The summed E-state index contributed by atoms with van der Waals surface area (Å²) in [4.78, 5) is 52.3. The standard InChI is InChI=1S/C31H37FN4O6/c1-4-5-6-14-34(16-21-7-9-23(10-8-21)36-18-26(29(33)38)42-31(36)41)15-13-25-27(19(2)20(3)32)28(37)24(30(39)40)17-35(25)22-11-12-22/h7-10,13,17,22,26H,3-6,11-12,14-16,18H2,1-2H3,(H2,33,38)(H,39,40)/b25-13+,27-19+. The van der Waals surface area contributed by atoms with Crippen LogP contribution in [0.5, 0.6) is 0 Å². The van der Waals surface area contributed by atoms with E-state index in [1.165, 1.54) is 18.0 Å². The minimum Gasteiger partial charge on any atom is -0.477 e. The fourth-order valence-corrected chi connectivity index (χ4v) is 5.06. The molecule has 1 saturated carbocycles. The maximum atomic E-state index is 14.3. The van der Waals surface area contributed by atoms with E-state index >= 15 is 0 Å². The first-order chi connectivity index (χ1) is 20.0. The molecule has 3 N–H and O–H groups in total. The van der Waals surface area contributed by atoms with Gasteiger partial charge in [-0.1, -0.05) is 38.5 Å². The van der Waals surface area contributed by atoms with E-state index in [0.717, 1.165) is 44.2 Å². The number of carbonyl (C=O) groups is 3. The molecule has 224 valence electrons. The molecule has 2 aliphatic rings. The fraction of sp³-hybridized carbons (Fsp3) is 0.419. The Balaban J connectivity index is 1.66. The summed E-state index contributed by atoms with van der Waals surface area (Å²) in [5.41, 5.74) is 5.75. The van der Waals surface area contributed by atoms with E-state index in [4.69, 9.17) is 10.5 Å². The van der Waals surface area contributed by atoms with Crippen molar-refractivity contribution >= 4 is 35.3 Å². The van der Waals surface area contributed by atoms with Crippen LogP contribution in [0.4, 0.5) is 14.9 Å². The third kappa shape index (κ3) is 6.96. The van der Waals surface area contributed by atoms with Crippen molar-refractivity contribution in [2.24, 2.45) is 5.73 Å². The number of aromatic carboxylic acids is 1. The normalized spacial score (nSPS) is 17.9. The maximum Gasteiger partial charge on any atom is 0.415 e. The Morgan fingerprint density at radius 3 is 2.45 bits per heavy atom. The summed E-state index contributed by atoms with van der Waals surface area (Å²) in [7, 11) is 0. The summed E-state index contributed by atoms with van der Waals surface area (Å²) in [6, 6.07) is 7.40. The number of hydrogen-bond donors (Lipinski definition) is 2. The minimum atomic E-state index is -1.35. The predicted molar refractivity (Wildman–Crippen MR) is 157 cm³/mol. The summed E-state index contributed by atoms with van der Waals surface area (Å²) in [5, 5.41) is 10.2. The summed E-state index contributed by atoms with van der Waals surface area (Å²) in [6.45, 7) is 8.73. The number of benzene rings is 1. The zero-order valence-corrected chi connectivity index (χ0v) is 24.0. The lowest BCUT2D eigenvalue weighted by molar-refractivity contribution is -0.124. The second-order valence-electron chi connectivity index (χ2n) is 10.8. The van der Waals surface area contributed by atoms with Gasteiger partial charge in [-0.15, -0.1) is 0 Å². The second-order valence-corrected chi connectivity index (χ2v) is 10.8. The van der Waals surface area contributed by atoms with Gasteiger partial charge in [0.2, 0.25) is 5.43 Å². The molecule has 2 fully saturated rings. The highest BCUT2D eigenvalue weighted by atomic mass is 19.1. The Morgan fingerprint density at radius 2 is 1.90 bits per heavy atom. The van der Waals surface area contributed by atoms with E-state index in [9.17, 15) is 28.7 Å². The number of cyclic esters (lactones) is 1. The largest absolute Gasteiger partial charge is 0.477 e. The molecule has 0 bridgehead atoms. The lowest BCUT2D eigenvalue weighted by Gasteiger charge is -2.22. The average molecular weight is 581 g/mol. The van der Waals surface area contributed by atoms with Crippen molar-refractivity contribution in [3.05, 3.63) is 74.8 Å². The molecule has 1 unspecified atom stereocenters. The summed E-state index contributed by atoms with van der Waals surface area (Å²) in [6.07, 6.45) is 6.34. The van der Waals surface area contributed by atoms with Crippen LogP contribution in [0.25, 0.3) is 11.6 Å². The number of hydrogen-bond acceptors (Lipinski definition) is 6. The summed E-state index contributed by atoms with van der Waals surface area (Å²) >= 11 is 0. The SMILES string of the molecule is C=C(F)/C(C)=c1/c(=O)c(C(=O)O)cn(C2CC2)/c1=C/CN(CCCCC)Cc1ccc(N2CC(C(N)=O)OC2=O)cc1. The van der Waals surface area contributed by atoms with Crippen molar-refractivity contribution in [2.75, 3.05) is 24.5 Å². The van der Waals surface area contributed by atoms with Crippen molar-refractivity contribution in [2.45, 2.75) is 64.6 Å². The average Bonchev–Trinajstić information content (AvgIpc) is 3.72. The molecule has 1 saturated heterocycles. The Bertz CT molecular complexity index is 1560. The number of halogens is 1. The molecule has 1 aromatic carbocycles. The number of primary amides is 1. The number of nitrogens with zero attached hydrogens (tertiary/aromatic N) is 3. The van der Waals surface area contributed by atoms with E-state index in [2.05, 4.69) is 18.4 Å². The fourth-order valence-electron chi connectivity index (χ4n) is 5.06. The van der Waals surface area contributed by atoms with Gasteiger partial charge >= 0.3 is 12.1 Å². The number of ether oxygens (including phenoxy) is 1. The van der Waals surface area contributed by atoms with E-state index in [-0.39, 0.29) is 23.4 Å². The van der Waals surface area contributed by atoms with Crippen LogP contribution >= 0.6 is 0 Å². The zero-order chi connectivity index (χ0) is 30.6. The van der Waals surface area contributed by atoms with Gasteiger partial charge in [0.15, 0.2) is 6.10 Å². The molecule has 0 radical (unpaired) electrons. The van der Waals surface area contributed by atoms with Crippen molar-refractivity contribution in [1.82, 2.24) is 9.47 Å². The highest BCUT2D eigenvalue weighted by molar-refractivity contribution is 5.95. The molecule has 1 aromatic heterocycles. The van der Waals surface area contributed by atoms with Gasteiger partial charge in [0.25, 0.3) is 5.91 Å². The molecule has 2 aromatic rings. The number of amides is 2. The van der Waals surface area contributed by atoms with E-state index in [1.54, 1.807) is 16.7 Å². The number of aromatic nitrogens is 1. The smallest absolute Gasteiger partial charge is 0.415 e. The molecule has 4 rings (SSSR count). The van der Waals surface area contributed by atoms with Crippen LogP contribution < -0.4 is 26.6 Å². The monoisotopic (exact) mass is 580 g/mol. The van der Waals surface area contributed by atoms with Crippen molar-refractivity contribution in [3.63, 3.8) is 0 Å². The number of rotatable bonds is 13. The predicted octanol–water partition coefficient (Wildman–Crippen LogP) is 2.82. The van der Waals surface area contributed by atoms with Gasteiger partial charge in [-0.05, 0) is 62.1 Å². The highest BCUT2D eigenvalue weighted by Gasteiger charge is 2.35. The van der Waals surface area contributed by atoms with Gasteiger partial charge in [-0.25, -0.2) is 14.0 Å². The highest BCUT2D eigenvalue weighted by Crippen LogP contribution is 2.33. The Kier molecular flexibility index (Phi) is 9.62. The summed E-state index contributed by atoms with van der Waals surface area (Å²) < 4.78 is 21.2. The van der Waals surface area contributed by atoms with Crippen LogP contribution in [0, 0.1) is 0 Å². The first-order valence-electron chi connectivity index (χ1n) is 14.1. The van der Waals surface area contributed by atoms with Crippen LogP contribution in [0.1, 0.15) is 67.9 Å². The number of carboxylic acids is 1. The minimum absolute atomic E-state index is 0.0240. The van der Waals surface area contributed by atoms with E-state index in [0.29, 0.717) is 24.1 Å². The molecule has 10 nitrogen and oxygen atoms in total. The molecule has 2 heterocycles. The van der Waals surface area contributed by atoms with Crippen LogP contribution in [-0.4, -0.2) is 58.3 Å². The number of nitrogens with two attached hydrogens (primary N) is 1. The molecular formula is C31H37FN4O6.